The number of hydrogen-bond acceptors (Lipinski definition) is 4. The number of piperidine rings is 2. The molecule has 4 heteroatoms. The molecule has 2 aromatic carbocycles. The monoisotopic (exact) mass is 380 g/mol. The van der Waals surface area contributed by atoms with E-state index in [1.807, 2.05) is 30.3 Å². The smallest absolute Gasteiger partial charge is 0.167 e. The molecule has 0 spiro atoms. The van der Waals surface area contributed by atoms with Crippen LogP contribution in [0.1, 0.15) is 43.0 Å². The average Bonchev–Trinajstić information content (AvgIpc) is 2.78. The number of rotatable bonds is 5. The van der Waals surface area contributed by atoms with Gasteiger partial charge in [0.15, 0.2) is 5.78 Å². The third kappa shape index (κ3) is 4.08. The number of benzene rings is 2. The Morgan fingerprint density at radius 1 is 1.04 bits per heavy atom. The third-order valence-corrected chi connectivity index (χ3v) is 6.68. The zero-order valence-electron chi connectivity index (χ0n) is 17.2. The van der Waals surface area contributed by atoms with Gasteiger partial charge in [-0.2, -0.15) is 0 Å². The number of fused-ring (bicyclic) bond motifs is 1. The van der Waals surface area contributed by atoms with Crippen molar-refractivity contribution in [1.82, 2.24) is 9.80 Å². The lowest BCUT2D eigenvalue weighted by atomic mass is 9.87. The number of carbonyl (C=O) groups is 1. The minimum absolute atomic E-state index is 0.133. The van der Waals surface area contributed by atoms with Crippen molar-refractivity contribution in [1.29, 1.82) is 0 Å². The summed E-state index contributed by atoms with van der Waals surface area (Å²) in [6.45, 7) is 7.88. The quantitative estimate of drug-likeness (QED) is 0.727. The van der Waals surface area contributed by atoms with Gasteiger partial charge < -0.3 is 9.64 Å². The van der Waals surface area contributed by atoms with E-state index in [9.17, 15) is 4.79 Å². The molecule has 2 fully saturated rings. The predicted molar refractivity (Wildman–Crippen MR) is 114 cm³/mol. The van der Waals surface area contributed by atoms with Crippen molar-refractivity contribution in [2.75, 3.05) is 39.8 Å². The first-order valence-corrected chi connectivity index (χ1v) is 10.8. The number of ketones is 1. The lowest BCUT2D eigenvalue weighted by Crippen LogP contribution is -2.49. The fourth-order valence-corrected chi connectivity index (χ4v) is 4.89. The van der Waals surface area contributed by atoms with Crippen LogP contribution in [0, 0.1) is 5.92 Å². The Morgan fingerprint density at radius 2 is 1.79 bits per heavy atom. The second-order valence-electron chi connectivity index (χ2n) is 8.29. The first kappa shape index (κ1) is 19.4. The van der Waals surface area contributed by atoms with Gasteiger partial charge in [-0.3, -0.25) is 9.69 Å². The molecule has 2 aliphatic heterocycles. The fraction of sp³-hybridized carbons (Fsp3) is 0.542. The zero-order chi connectivity index (χ0) is 19.5. The molecule has 0 aliphatic carbocycles. The number of methoxy groups -OCH3 is 1. The topological polar surface area (TPSA) is 32.8 Å². The van der Waals surface area contributed by atoms with Crippen LogP contribution in [0.15, 0.2) is 36.4 Å². The van der Waals surface area contributed by atoms with Crippen molar-refractivity contribution >= 4 is 16.6 Å². The van der Waals surface area contributed by atoms with Crippen LogP contribution in [0.4, 0.5) is 0 Å². The summed E-state index contributed by atoms with van der Waals surface area (Å²) in [6, 6.07) is 12.8. The van der Waals surface area contributed by atoms with Gasteiger partial charge in [0, 0.05) is 24.1 Å². The lowest BCUT2D eigenvalue weighted by Gasteiger charge is -2.42. The van der Waals surface area contributed by atoms with Crippen molar-refractivity contribution in [3.63, 3.8) is 0 Å². The Balaban J connectivity index is 1.44. The molecule has 2 aliphatic rings. The maximum absolute atomic E-state index is 13.2. The van der Waals surface area contributed by atoms with Gasteiger partial charge in [0.1, 0.15) is 5.75 Å². The Bertz CT molecular complexity index is 826. The summed E-state index contributed by atoms with van der Waals surface area (Å²) in [6.07, 6.45) is 4.64. The molecular weight excluding hydrogens is 348 g/mol. The second-order valence-corrected chi connectivity index (χ2v) is 8.29. The number of Topliss-reactive ketones (excluding diaryl/α,β-unsaturated/α-hetero) is 1. The summed E-state index contributed by atoms with van der Waals surface area (Å²) in [5.41, 5.74) is 0.852. The maximum Gasteiger partial charge on any atom is 0.167 e. The molecule has 4 rings (SSSR count). The first-order chi connectivity index (χ1) is 13.7. The van der Waals surface area contributed by atoms with Crippen LogP contribution in [0.3, 0.4) is 0 Å². The van der Waals surface area contributed by atoms with Gasteiger partial charge in [0.25, 0.3) is 0 Å². The minimum atomic E-state index is 0.133. The first-order valence-electron chi connectivity index (χ1n) is 10.8. The highest BCUT2D eigenvalue weighted by Gasteiger charge is 2.31. The van der Waals surface area contributed by atoms with E-state index in [1.54, 1.807) is 7.11 Å². The van der Waals surface area contributed by atoms with E-state index in [1.165, 1.54) is 25.9 Å². The second kappa shape index (κ2) is 8.62. The molecule has 0 amide bonds. The number of nitrogens with zero attached hydrogens (tertiary/aromatic N) is 2. The summed E-state index contributed by atoms with van der Waals surface area (Å²) in [5, 5.41) is 2.22. The fourth-order valence-electron chi connectivity index (χ4n) is 4.89. The molecular formula is C24H32N2O2. The molecule has 1 unspecified atom stereocenters. The number of ether oxygens (including phenoxy) is 1. The Labute approximate surface area is 168 Å². The van der Waals surface area contributed by atoms with Crippen LogP contribution in [-0.2, 0) is 0 Å². The highest BCUT2D eigenvalue weighted by atomic mass is 16.5. The van der Waals surface area contributed by atoms with Gasteiger partial charge in [0.05, 0.1) is 7.11 Å². The van der Waals surface area contributed by atoms with Crippen molar-refractivity contribution in [2.24, 2.45) is 5.92 Å². The van der Waals surface area contributed by atoms with Gasteiger partial charge in [0.2, 0.25) is 0 Å². The lowest BCUT2D eigenvalue weighted by molar-refractivity contribution is 0.0605. The molecule has 2 heterocycles. The molecule has 0 radical (unpaired) electrons. The molecule has 150 valence electrons. The summed E-state index contributed by atoms with van der Waals surface area (Å²) in [4.78, 5) is 18.4. The Morgan fingerprint density at radius 3 is 2.54 bits per heavy atom. The van der Waals surface area contributed by atoms with E-state index in [0.717, 1.165) is 54.6 Å². The molecule has 0 N–H and O–H groups in total. The van der Waals surface area contributed by atoms with Crippen molar-refractivity contribution in [3.8, 4) is 5.75 Å². The summed E-state index contributed by atoms with van der Waals surface area (Å²) in [7, 11) is 1.68. The molecule has 2 saturated heterocycles. The van der Waals surface area contributed by atoms with E-state index in [4.69, 9.17) is 4.74 Å². The van der Waals surface area contributed by atoms with E-state index >= 15 is 0 Å². The summed E-state index contributed by atoms with van der Waals surface area (Å²) < 4.78 is 5.30. The Kier molecular flexibility index (Phi) is 5.98. The normalized spacial score (nSPS) is 22.4. The summed E-state index contributed by atoms with van der Waals surface area (Å²) in [5.74, 6) is 1.30. The highest BCUT2D eigenvalue weighted by Crippen LogP contribution is 2.28. The molecule has 1 atom stereocenters. The summed E-state index contributed by atoms with van der Waals surface area (Å²) >= 11 is 0. The zero-order valence-corrected chi connectivity index (χ0v) is 17.2. The predicted octanol–water partition coefficient (Wildman–Crippen LogP) is 4.23. The number of carbonyl (C=O) groups excluding carboxylic acids is 1. The molecule has 4 nitrogen and oxygen atoms in total. The molecule has 0 bridgehead atoms. The molecule has 28 heavy (non-hydrogen) atoms. The van der Waals surface area contributed by atoms with Crippen LogP contribution in [0.25, 0.3) is 10.8 Å². The largest absolute Gasteiger partial charge is 0.497 e. The Hall–Kier alpha value is -1.91. The van der Waals surface area contributed by atoms with Crippen molar-refractivity contribution in [2.45, 2.75) is 38.6 Å². The van der Waals surface area contributed by atoms with E-state index in [0.29, 0.717) is 11.8 Å². The van der Waals surface area contributed by atoms with Crippen LogP contribution in [0.2, 0.25) is 0 Å². The van der Waals surface area contributed by atoms with E-state index in [-0.39, 0.29) is 5.92 Å². The number of hydrogen-bond donors (Lipinski definition) is 0. The van der Waals surface area contributed by atoms with E-state index in [2.05, 4.69) is 22.8 Å². The maximum atomic E-state index is 13.2. The van der Waals surface area contributed by atoms with Gasteiger partial charge in [-0.05, 0) is 80.8 Å². The van der Waals surface area contributed by atoms with Crippen LogP contribution >= 0.6 is 0 Å². The van der Waals surface area contributed by atoms with Crippen LogP contribution in [-0.4, -0.2) is 61.5 Å². The van der Waals surface area contributed by atoms with Gasteiger partial charge >= 0.3 is 0 Å². The molecule has 0 aromatic heterocycles. The molecule has 2 aromatic rings. The average molecular weight is 381 g/mol. The van der Waals surface area contributed by atoms with Gasteiger partial charge in [-0.1, -0.05) is 25.1 Å². The SMILES string of the molecule is CCN1CCC(N2CCCC(C(=O)c3ccc4cc(OC)ccc4c3)C2)CC1. The highest BCUT2D eigenvalue weighted by molar-refractivity contribution is 6.01. The molecule has 0 saturated carbocycles. The van der Waals surface area contributed by atoms with Gasteiger partial charge in [-0.25, -0.2) is 0 Å². The van der Waals surface area contributed by atoms with Gasteiger partial charge in [-0.15, -0.1) is 0 Å². The standard InChI is InChI=1S/C24H32N2O2/c1-3-25-13-10-22(11-14-25)26-12-4-5-21(17-26)24(27)20-7-6-19-16-23(28-2)9-8-18(19)15-20/h6-9,15-16,21-22H,3-5,10-14,17H2,1-2H3. The number of likely N-dealkylation sites (tertiary alicyclic amines) is 2. The van der Waals surface area contributed by atoms with Crippen molar-refractivity contribution < 1.29 is 9.53 Å². The van der Waals surface area contributed by atoms with Crippen LogP contribution < -0.4 is 4.74 Å². The van der Waals surface area contributed by atoms with Crippen molar-refractivity contribution in [3.05, 3.63) is 42.0 Å². The van der Waals surface area contributed by atoms with E-state index < -0.39 is 0 Å². The third-order valence-electron chi connectivity index (χ3n) is 6.68. The van der Waals surface area contributed by atoms with Crippen LogP contribution in [0.5, 0.6) is 5.75 Å². The minimum Gasteiger partial charge on any atom is -0.497 e.